The second-order valence-corrected chi connectivity index (χ2v) is 3.61. The summed E-state index contributed by atoms with van der Waals surface area (Å²) >= 11 is 3.58. The predicted octanol–water partition coefficient (Wildman–Crippen LogP) is 2.40. The molecule has 9 heavy (non-hydrogen) atoms. The molecule has 1 aromatic heterocycles. The SMILES string of the molecule is CCSCc1cscn1. The van der Waals surface area contributed by atoms with Crippen molar-refractivity contribution in [2.24, 2.45) is 0 Å². The summed E-state index contributed by atoms with van der Waals surface area (Å²) in [5.74, 6) is 2.25. The van der Waals surface area contributed by atoms with E-state index in [0.29, 0.717) is 0 Å². The van der Waals surface area contributed by atoms with Gasteiger partial charge in [0.15, 0.2) is 0 Å². The zero-order valence-electron chi connectivity index (χ0n) is 5.33. The average molecular weight is 159 g/mol. The number of rotatable bonds is 3. The first-order chi connectivity index (χ1) is 4.43. The van der Waals surface area contributed by atoms with Crippen LogP contribution in [0.5, 0.6) is 0 Å². The fourth-order valence-electron chi connectivity index (χ4n) is 0.515. The van der Waals surface area contributed by atoms with E-state index in [1.165, 1.54) is 11.4 Å². The largest absolute Gasteiger partial charge is 0.249 e. The molecule has 1 heterocycles. The molecule has 0 spiro atoms. The van der Waals surface area contributed by atoms with Gasteiger partial charge in [-0.15, -0.1) is 11.3 Å². The van der Waals surface area contributed by atoms with Crippen LogP contribution in [0.1, 0.15) is 12.6 Å². The van der Waals surface area contributed by atoms with Crippen LogP contribution in [0.25, 0.3) is 0 Å². The summed E-state index contributed by atoms with van der Waals surface area (Å²) in [6, 6.07) is 0. The highest BCUT2D eigenvalue weighted by atomic mass is 32.2. The lowest BCUT2D eigenvalue weighted by Crippen LogP contribution is -1.77. The average Bonchev–Trinajstić information content (AvgIpc) is 2.34. The van der Waals surface area contributed by atoms with Crippen molar-refractivity contribution in [1.29, 1.82) is 0 Å². The second-order valence-electron chi connectivity index (χ2n) is 1.62. The van der Waals surface area contributed by atoms with Gasteiger partial charge in [0.25, 0.3) is 0 Å². The molecule has 0 fully saturated rings. The minimum atomic E-state index is 1.07. The van der Waals surface area contributed by atoms with Crippen molar-refractivity contribution in [3.63, 3.8) is 0 Å². The molecular weight excluding hydrogens is 150 g/mol. The second kappa shape index (κ2) is 3.90. The fourth-order valence-corrected chi connectivity index (χ4v) is 1.75. The Balaban J connectivity index is 2.30. The topological polar surface area (TPSA) is 12.9 Å². The quantitative estimate of drug-likeness (QED) is 0.671. The molecule has 0 unspecified atom stereocenters. The van der Waals surface area contributed by atoms with E-state index in [4.69, 9.17) is 0 Å². The predicted molar refractivity (Wildman–Crippen MR) is 44.0 cm³/mol. The van der Waals surface area contributed by atoms with E-state index in [-0.39, 0.29) is 0 Å². The molecule has 1 nitrogen and oxygen atoms in total. The van der Waals surface area contributed by atoms with Gasteiger partial charge in [0.2, 0.25) is 0 Å². The molecule has 1 rings (SSSR count). The van der Waals surface area contributed by atoms with Gasteiger partial charge in [0, 0.05) is 11.1 Å². The van der Waals surface area contributed by atoms with E-state index in [0.717, 1.165) is 5.75 Å². The lowest BCUT2D eigenvalue weighted by molar-refractivity contribution is 1.23. The van der Waals surface area contributed by atoms with Crippen LogP contribution < -0.4 is 0 Å². The fraction of sp³-hybridized carbons (Fsp3) is 0.500. The van der Waals surface area contributed by atoms with E-state index < -0.39 is 0 Å². The van der Waals surface area contributed by atoms with Crippen molar-refractivity contribution >= 4 is 23.1 Å². The third-order valence-electron chi connectivity index (χ3n) is 0.938. The minimum absolute atomic E-state index is 1.07. The van der Waals surface area contributed by atoms with E-state index >= 15 is 0 Å². The van der Waals surface area contributed by atoms with Gasteiger partial charge >= 0.3 is 0 Å². The summed E-state index contributed by atoms with van der Waals surface area (Å²) in [6.07, 6.45) is 0. The normalized spacial score (nSPS) is 9.89. The number of aromatic nitrogens is 1. The van der Waals surface area contributed by atoms with Gasteiger partial charge in [-0.2, -0.15) is 11.8 Å². The molecular formula is C6H9NS2. The van der Waals surface area contributed by atoms with Crippen molar-refractivity contribution in [3.8, 4) is 0 Å². The molecule has 0 bridgehead atoms. The van der Waals surface area contributed by atoms with Crippen molar-refractivity contribution in [3.05, 3.63) is 16.6 Å². The van der Waals surface area contributed by atoms with Crippen LogP contribution in [0, 0.1) is 0 Å². The third-order valence-corrected chi connectivity index (χ3v) is 2.48. The Bertz CT molecular complexity index is 148. The monoisotopic (exact) mass is 159 g/mol. The van der Waals surface area contributed by atoms with E-state index in [1.54, 1.807) is 11.3 Å². The van der Waals surface area contributed by atoms with Gasteiger partial charge in [-0.3, -0.25) is 0 Å². The molecule has 0 N–H and O–H groups in total. The Kier molecular flexibility index (Phi) is 3.08. The van der Waals surface area contributed by atoms with Crippen LogP contribution in [-0.4, -0.2) is 10.7 Å². The molecule has 0 saturated carbocycles. The van der Waals surface area contributed by atoms with E-state index in [1.807, 2.05) is 17.3 Å². The summed E-state index contributed by atoms with van der Waals surface area (Å²) in [7, 11) is 0. The van der Waals surface area contributed by atoms with Gasteiger partial charge in [-0.25, -0.2) is 4.98 Å². The first-order valence-electron chi connectivity index (χ1n) is 2.88. The maximum atomic E-state index is 4.15. The Labute approximate surface area is 63.5 Å². The molecule has 0 aliphatic carbocycles. The summed E-state index contributed by atoms with van der Waals surface area (Å²) < 4.78 is 0. The lowest BCUT2D eigenvalue weighted by Gasteiger charge is -1.89. The molecule has 0 aliphatic rings. The highest BCUT2D eigenvalue weighted by Crippen LogP contribution is 2.10. The Morgan fingerprint density at radius 1 is 1.78 bits per heavy atom. The van der Waals surface area contributed by atoms with Crippen LogP contribution in [0.4, 0.5) is 0 Å². The van der Waals surface area contributed by atoms with E-state index in [9.17, 15) is 0 Å². The number of hydrogen-bond acceptors (Lipinski definition) is 3. The van der Waals surface area contributed by atoms with Crippen LogP contribution in [0.2, 0.25) is 0 Å². The molecule has 0 radical (unpaired) electrons. The van der Waals surface area contributed by atoms with Crippen LogP contribution >= 0.6 is 23.1 Å². The molecule has 0 aromatic carbocycles. The zero-order valence-corrected chi connectivity index (χ0v) is 6.97. The third kappa shape index (κ3) is 2.37. The molecule has 1 aromatic rings. The Morgan fingerprint density at radius 2 is 2.67 bits per heavy atom. The number of thiazole rings is 1. The lowest BCUT2D eigenvalue weighted by atomic mass is 10.6. The molecule has 0 amide bonds. The molecule has 0 atom stereocenters. The van der Waals surface area contributed by atoms with Crippen LogP contribution in [-0.2, 0) is 5.75 Å². The first-order valence-corrected chi connectivity index (χ1v) is 4.98. The maximum absolute atomic E-state index is 4.15. The summed E-state index contributed by atoms with van der Waals surface area (Å²) in [5.41, 5.74) is 3.10. The van der Waals surface area contributed by atoms with Gasteiger partial charge < -0.3 is 0 Å². The van der Waals surface area contributed by atoms with Gasteiger partial charge in [0.1, 0.15) is 0 Å². The summed E-state index contributed by atoms with van der Waals surface area (Å²) in [4.78, 5) is 4.15. The van der Waals surface area contributed by atoms with Crippen molar-refractivity contribution in [2.45, 2.75) is 12.7 Å². The number of hydrogen-bond donors (Lipinski definition) is 0. The standard InChI is InChI=1S/C6H9NS2/c1-2-8-3-6-4-9-5-7-6/h4-5H,2-3H2,1H3. The first kappa shape index (κ1) is 7.09. The molecule has 50 valence electrons. The van der Waals surface area contributed by atoms with Crippen LogP contribution in [0.15, 0.2) is 10.9 Å². The molecule has 3 heteroatoms. The summed E-state index contributed by atoms with van der Waals surface area (Å²) in [5, 5.41) is 2.10. The van der Waals surface area contributed by atoms with Crippen molar-refractivity contribution in [2.75, 3.05) is 5.75 Å². The van der Waals surface area contributed by atoms with Gasteiger partial charge in [0.05, 0.1) is 11.2 Å². The minimum Gasteiger partial charge on any atom is -0.249 e. The smallest absolute Gasteiger partial charge is 0.0795 e. The highest BCUT2D eigenvalue weighted by Gasteiger charge is 1.91. The van der Waals surface area contributed by atoms with Crippen LogP contribution in [0.3, 0.4) is 0 Å². The Morgan fingerprint density at radius 3 is 3.22 bits per heavy atom. The van der Waals surface area contributed by atoms with Gasteiger partial charge in [-0.1, -0.05) is 6.92 Å². The maximum Gasteiger partial charge on any atom is 0.0795 e. The molecule has 0 aliphatic heterocycles. The van der Waals surface area contributed by atoms with E-state index in [2.05, 4.69) is 17.3 Å². The summed E-state index contributed by atoms with van der Waals surface area (Å²) in [6.45, 7) is 2.16. The van der Waals surface area contributed by atoms with Crippen molar-refractivity contribution < 1.29 is 0 Å². The Hall–Kier alpha value is -0.0200. The molecule has 0 saturated heterocycles. The number of nitrogens with zero attached hydrogens (tertiary/aromatic N) is 1. The zero-order chi connectivity index (χ0) is 6.53. The highest BCUT2D eigenvalue weighted by molar-refractivity contribution is 7.98. The van der Waals surface area contributed by atoms with Gasteiger partial charge in [-0.05, 0) is 5.75 Å². The number of thioether (sulfide) groups is 1. The van der Waals surface area contributed by atoms with Crippen molar-refractivity contribution in [1.82, 2.24) is 4.98 Å².